The number of hydrogen-bond donors (Lipinski definition) is 0. The average Bonchev–Trinajstić information content (AvgIpc) is 3.33. The van der Waals surface area contributed by atoms with Crippen molar-refractivity contribution < 1.29 is 42.9 Å². The smallest absolute Gasteiger partial charge is 0.306 e. The third kappa shape index (κ3) is 52.8. The summed E-state index contributed by atoms with van der Waals surface area (Å²) < 4.78 is 22.7. The van der Waals surface area contributed by atoms with Crippen LogP contribution in [0.25, 0.3) is 0 Å². The summed E-state index contributed by atoms with van der Waals surface area (Å²) in [5.41, 5.74) is 0. The molecule has 0 N–H and O–H groups in total. The Labute approximate surface area is 431 Å². The zero-order valence-electron chi connectivity index (χ0n) is 46.1. The quantitative estimate of drug-likeness (QED) is 0.0195. The van der Waals surface area contributed by atoms with Crippen molar-refractivity contribution in [1.82, 2.24) is 0 Å². The third-order valence-corrected chi connectivity index (χ3v) is 12.5. The van der Waals surface area contributed by atoms with Gasteiger partial charge in [0.25, 0.3) is 0 Å². The highest BCUT2D eigenvalue weighted by molar-refractivity contribution is 5.70. The minimum atomic E-state index is -1.62. The van der Waals surface area contributed by atoms with E-state index in [1.807, 2.05) is 21.1 Å². The number of hydrogen-bond acceptors (Lipinski definition) is 8. The lowest BCUT2D eigenvalue weighted by Gasteiger charge is -2.26. The summed E-state index contributed by atoms with van der Waals surface area (Å²) in [4.78, 5) is 37.3. The number of rotatable bonds is 53. The number of nitrogens with zero attached hydrogens (tertiary/aromatic N) is 1. The Balaban J connectivity index is 4.26. The molecule has 0 amide bonds. The van der Waals surface area contributed by atoms with Crippen LogP contribution in [0.2, 0.25) is 0 Å². The summed E-state index contributed by atoms with van der Waals surface area (Å²) in [5.74, 6) is -2.28. The summed E-state index contributed by atoms with van der Waals surface area (Å²) in [5, 5.41) is 11.8. The van der Waals surface area contributed by atoms with Gasteiger partial charge in [0.15, 0.2) is 12.4 Å². The molecule has 9 nitrogen and oxygen atoms in total. The second-order valence-corrected chi connectivity index (χ2v) is 20.6. The molecule has 0 spiro atoms. The lowest BCUT2D eigenvalue weighted by molar-refractivity contribution is -0.870. The fourth-order valence-corrected chi connectivity index (χ4v) is 8.09. The molecule has 70 heavy (non-hydrogen) atoms. The molecule has 0 aromatic carbocycles. The maximum absolute atomic E-state index is 12.9. The largest absolute Gasteiger partial charge is 0.545 e. The van der Waals surface area contributed by atoms with Crippen molar-refractivity contribution in [2.45, 2.75) is 264 Å². The third-order valence-electron chi connectivity index (χ3n) is 12.5. The number of allylic oxidation sites excluding steroid dienone is 10. The molecule has 406 valence electrons. The van der Waals surface area contributed by atoms with Gasteiger partial charge in [0.1, 0.15) is 13.2 Å². The fourth-order valence-electron chi connectivity index (χ4n) is 8.09. The molecule has 0 radical (unpaired) electrons. The number of carbonyl (C=O) groups is 3. The van der Waals surface area contributed by atoms with Crippen LogP contribution >= 0.6 is 0 Å². The molecule has 0 bridgehead atoms. The van der Waals surface area contributed by atoms with E-state index < -0.39 is 24.3 Å². The summed E-state index contributed by atoms with van der Waals surface area (Å²) >= 11 is 0. The molecule has 0 rings (SSSR count). The average molecular weight is 985 g/mol. The molecule has 0 aromatic heterocycles. The Morgan fingerprint density at radius 1 is 0.443 bits per heavy atom. The van der Waals surface area contributed by atoms with Gasteiger partial charge in [-0.3, -0.25) is 9.59 Å². The van der Waals surface area contributed by atoms with E-state index in [0.717, 1.165) is 77.0 Å². The number of aliphatic carboxylic acids is 1. The second-order valence-electron chi connectivity index (χ2n) is 20.6. The minimum Gasteiger partial charge on any atom is -0.545 e. The summed E-state index contributed by atoms with van der Waals surface area (Å²) in [6, 6.07) is 0. The van der Waals surface area contributed by atoms with Crippen LogP contribution in [-0.4, -0.2) is 82.3 Å². The Kier molecular flexibility index (Phi) is 50.1. The van der Waals surface area contributed by atoms with E-state index in [-0.39, 0.29) is 32.2 Å². The first kappa shape index (κ1) is 67.0. The Bertz CT molecular complexity index is 1330. The molecule has 2 unspecified atom stereocenters. The predicted octanol–water partition coefficient (Wildman–Crippen LogP) is 15.5. The molecule has 9 heteroatoms. The van der Waals surface area contributed by atoms with Crippen LogP contribution in [-0.2, 0) is 33.3 Å². The monoisotopic (exact) mass is 984 g/mol. The number of ether oxygens (including phenoxy) is 4. The first-order valence-electron chi connectivity index (χ1n) is 28.9. The standard InChI is InChI=1S/C61H109NO8/c1-6-8-10-12-14-16-18-20-22-24-26-28-29-30-31-32-34-36-38-40-42-44-46-48-50-52-59(64)70-57(56-69-61(60(65)66)67-54-53-62(3,4)5)55-68-58(63)51-49-47-45-43-41-39-37-35-33-27-25-23-21-19-17-15-13-11-9-7-2/h8,10,14,16,20,22,26,28,30-31,57,61H,6-7,9,11-13,15,17-19,21,23-25,27,29,32-56H2,1-5H3/b10-8-,16-14-,22-20-,28-26-,31-30-. The van der Waals surface area contributed by atoms with Crippen LogP contribution in [0.3, 0.4) is 0 Å². The van der Waals surface area contributed by atoms with Gasteiger partial charge in [-0.15, -0.1) is 0 Å². The highest BCUT2D eigenvalue weighted by atomic mass is 16.7. The molecule has 0 fully saturated rings. The van der Waals surface area contributed by atoms with Crippen molar-refractivity contribution in [1.29, 1.82) is 0 Å². The lowest BCUT2D eigenvalue weighted by Crippen LogP contribution is -2.44. The van der Waals surface area contributed by atoms with Gasteiger partial charge in [-0.2, -0.15) is 0 Å². The zero-order chi connectivity index (χ0) is 51.3. The first-order valence-corrected chi connectivity index (χ1v) is 28.9. The molecule has 0 aliphatic carbocycles. The number of likely N-dealkylation sites (N-methyl/N-ethyl adjacent to an activating group) is 1. The van der Waals surface area contributed by atoms with E-state index in [1.54, 1.807) is 0 Å². The van der Waals surface area contributed by atoms with E-state index in [1.165, 1.54) is 141 Å². The number of unbranched alkanes of at least 4 members (excludes halogenated alkanes) is 28. The molecule has 0 saturated heterocycles. The van der Waals surface area contributed by atoms with Gasteiger partial charge in [-0.1, -0.05) is 242 Å². The molecule has 2 atom stereocenters. The van der Waals surface area contributed by atoms with E-state index in [0.29, 0.717) is 23.9 Å². The summed E-state index contributed by atoms with van der Waals surface area (Å²) in [6.07, 6.45) is 62.6. The maximum Gasteiger partial charge on any atom is 0.306 e. The molecular formula is C61H109NO8. The van der Waals surface area contributed by atoms with Crippen molar-refractivity contribution in [3.63, 3.8) is 0 Å². The van der Waals surface area contributed by atoms with Crippen molar-refractivity contribution in [2.24, 2.45) is 0 Å². The first-order chi connectivity index (χ1) is 34.1. The van der Waals surface area contributed by atoms with Crippen molar-refractivity contribution in [2.75, 3.05) is 47.5 Å². The molecule has 0 heterocycles. The zero-order valence-corrected chi connectivity index (χ0v) is 46.1. The van der Waals surface area contributed by atoms with Crippen LogP contribution in [0.5, 0.6) is 0 Å². The fraction of sp³-hybridized carbons (Fsp3) is 0.787. The highest BCUT2D eigenvalue weighted by Gasteiger charge is 2.22. The number of quaternary nitrogens is 1. The number of carboxylic acid groups (broad SMARTS) is 1. The van der Waals surface area contributed by atoms with Gasteiger partial charge in [0.05, 0.1) is 40.3 Å². The van der Waals surface area contributed by atoms with Crippen molar-refractivity contribution in [3.05, 3.63) is 60.8 Å². The van der Waals surface area contributed by atoms with Gasteiger partial charge in [-0.05, 0) is 57.8 Å². The second kappa shape index (κ2) is 52.3. The van der Waals surface area contributed by atoms with E-state index in [9.17, 15) is 19.5 Å². The van der Waals surface area contributed by atoms with Gasteiger partial charge < -0.3 is 33.3 Å². The van der Waals surface area contributed by atoms with Crippen LogP contribution < -0.4 is 5.11 Å². The van der Waals surface area contributed by atoms with E-state index >= 15 is 0 Å². The molecule has 0 saturated carbocycles. The van der Waals surface area contributed by atoms with Gasteiger partial charge in [0, 0.05) is 12.8 Å². The van der Waals surface area contributed by atoms with Crippen LogP contribution in [0.4, 0.5) is 0 Å². The van der Waals surface area contributed by atoms with Crippen LogP contribution in [0.15, 0.2) is 60.8 Å². The SMILES string of the molecule is CC/C=C\C/C=C\C/C=C\C/C=C\C/C=C\CCCCCCCCCCCC(=O)OC(COC(=O)CCCCCCCCCCCCCCCCCCCCCC)COC(OCC[N+](C)(C)C)C(=O)[O-]. The van der Waals surface area contributed by atoms with Gasteiger partial charge in [0.2, 0.25) is 0 Å². The Hall–Kier alpha value is -3.01. The Morgan fingerprint density at radius 2 is 0.814 bits per heavy atom. The van der Waals surface area contributed by atoms with E-state index in [2.05, 4.69) is 74.6 Å². The Morgan fingerprint density at radius 3 is 1.21 bits per heavy atom. The highest BCUT2D eigenvalue weighted by Crippen LogP contribution is 2.17. The normalized spacial score (nSPS) is 13.2. The summed E-state index contributed by atoms with van der Waals surface area (Å²) in [7, 11) is 5.92. The predicted molar refractivity (Wildman–Crippen MR) is 292 cm³/mol. The van der Waals surface area contributed by atoms with E-state index in [4.69, 9.17) is 18.9 Å². The number of esters is 2. The maximum atomic E-state index is 12.9. The van der Waals surface area contributed by atoms with Crippen molar-refractivity contribution in [3.8, 4) is 0 Å². The molecule has 0 aliphatic heterocycles. The molecule has 0 aliphatic rings. The number of carboxylic acids is 1. The minimum absolute atomic E-state index is 0.146. The van der Waals surface area contributed by atoms with Crippen LogP contribution in [0.1, 0.15) is 251 Å². The number of carbonyl (C=O) groups excluding carboxylic acids is 3. The topological polar surface area (TPSA) is 111 Å². The molecule has 0 aromatic rings. The van der Waals surface area contributed by atoms with Gasteiger partial charge in [-0.25, -0.2) is 0 Å². The van der Waals surface area contributed by atoms with Crippen LogP contribution in [0, 0.1) is 0 Å². The summed E-state index contributed by atoms with van der Waals surface area (Å²) in [6.45, 7) is 4.66. The van der Waals surface area contributed by atoms with Gasteiger partial charge >= 0.3 is 11.9 Å². The van der Waals surface area contributed by atoms with Crippen molar-refractivity contribution >= 4 is 17.9 Å². The lowest BCUT2D eigenvalue weighted by atomic mass is 10.0. The molecular weight excluding hydrogens is 875 g/mol.